The average Bonchev–Trinajstić information content (AvgIpc) is 3.04. The third-order valence-corrected chi connectivity index (χ3v) is 3.62. The number of rotatable bonds is 7. The third kappa shape index (κ3) is 3.51. The van der Waals surface area contributed by atoms with Gasteiger partial charge in [0.1, 0.15) is 12.1 Å². The molecule has 1 amide bonds. The molecular weight excluding hydrogens is 304 g/mol. The highest BCUT2D eigenvalue weighted by Crippen LogP contribution is 2.18. The molecule has 0 spiro atoms. The maximum atomic E-state index is 12.0. The van der Waals surface area contributed by atoms with Gasteiger partial charge in [-0.25, -0.2) is 14.6 Å². The molecule has 7 heteroatoms. The van der Waals surface area contributed by atoms with Gasteiger partial charge in [0, 0.05) is 18.7 Å². The van der Waals surface area contributed by atoms with Crippen LogP contribution in [0, 0.1) is 0 Å². The van der Waals surface area contributed by atoms with E-state index >= 15 is 0 Å². The summed E-state index contributed by atoms with van der Waals surface area (Å²) < 4.78 is 1.78. The van der Waals surface area contributed by atoms with Gasteiger partial charge < -0.3 is 10.6 Å². The number of aromatic nitrogens is 4. The van der Waals surface area contributed by atoms with E-state index in [2.05, 4.69) is 32.6 Å². The number of amides is 1. The number of benzene rings is 1. The predicted octanol–water partition coefficient (Wildman–Crippen LogP) is 2.08. The zero-order chi connectivity index (χ0) is 16.8. The first-order valence-corrected chi connectivity index (χ1v) is 8.03. The summed E-state index contributed by atoms with van der Waals surface area (Å²) >= 11 is 0. The molecule has 24 heavy (non-hydrogen) atoms. The van der Waals surface area contributed by atoms with Crippen molar-refractivity contribution in [1.29, 1.82) is 0 Å². The second-order valence-corrected chi connectivity index (χ2v) is 5.38. The Labute approximate surface area is 140 Å². The summed E-state index contributed by atoms with van der Waals surface area (Å²) in [6, 6.07) is 9.15. The standard InChI is InChI=1S/C17H20N6O/c1-2-8-18-15-14-11-22-23(16(14)21-12-20-15)10-9-19-17(24)13-6-4-3-5-7-13/h3-7,11-12H,2,8-10H2,1H3,(H,19,24)(H,18,20,21). The Kier molecular flexibility index (Phi) is 5.00. The van der Waals surface area contributed by atoms with Gasteiger partial charge in [0.25, 0.3) is 5.91 Å². The number of hydrogen-bond donors (Lipinski definition) is 2. The topological polar surface area (TPSA) is 84.7 Å². The molecule has 0 bridgehead atoms. The number of nitrogens with one attached hydrogen (secondary N) is 2. The Balaban J connectivity index is 1.64. The Hall–Kier alpha value is -2.96. The van der Waals surface area contributed by atoms with Crippen LogP contribution in [0.2, 0.25) is 0 Å². The molecule has 0 aliphatic carbocycles. The average molecular weight is 324 g/mol. The van der Waals surface area contributed by atoms with Crippen molar-refractivity contribution < 1.29 is 4.79 Å². The van der Waals surface area contributed by atoms with Gasteiger partial charge in [-0.2, -0.15) is 5.10 Å². The molecule has 2 N–H and O–H groups in total. The Morgan fingerprint density at radius 1 is 1.17 bits per heavy atom. The molecule has 2 aromatic heterocycles. The summed E-state index contributed by atoms with van der Waals surface area (Å²) in [6.45, 7) is 3.98. The molecule has 0 radical (unpaired) electrons. The molecule has 124 valence electrons. The van der Waals surface area contributed by atoms with E-state index < -0.39 is 0 Å². The Morgan fingerprint density at radius 2 is 2.00 bits per heavy atom. The smallest absolute Gasteiger partial charge is 0.251 e. The van der Waals surface area contributed by atoms with Gasteiger partial charge in [-0.15, -0.1) is 0 Å². The van der Waals surface area contributed by atoms with Gasteiger partial charge in [-0.05, 0) is 18.6 Å². The lowest BCUT2D eigenvalue weighted by molar-refractivity contribution is 0.0952. The molecule has 3 aromatic rings. The molecule has 1 aromatic carbocycles. The highest BCUT2D eigenvalue weighted by atomic mass is 16.1. The van der Waals surface area contributed by atoms with Crippen molar-refractivity contribution in [3.05, 3.63) is 48.4 Å². The van der Waals surface area contributed by atoms with Crippen LogP contribution in [0.3, 0.4) is 0 Å². The van der Waals surface area contributed by atoms with Crippen LogP contribution in [0.4, 0.5) is 5.82 Å². The summed E-state index contributed by atoms with van der Waals surface area (Å²) in [5.74, 6) is 0.702. The minimum Gasteiger partial charge on any atom is -0.369 e. The number of anilines is 1. The number of nitrogens with zero attached hydrogens (tertiary/aromatic N) is 4. The van der Waals surface area contributed by atoms with Gasteiger partial charge in [-0.3, -0.25) is 4.79 Å². The van der Waals surface area contributed by atoms with Crippen molar-refractivity contribution in [1.82, 2.24) is 25.1 Å². The fraction of sp³-hybridized carbons (Fsp3) is 0.294. The van der Waals surface area contributed by atoms with Crippen molar-refractivity contribution in [3.63, 3.8) is 0 Å². The monoisotopic (exact) mass is 324 g/mol. The van der Waals surface area contributed by atoms with Gasteiger partial charge in [0.05, 0.1) is 18.1 Å². The molecule has 0 aliphatic heterocycles. The normalized spacial score (nSPS) is 10.7. The van der Waals surface area contributed by atoms with Crippen LogP contribution >= 0.6 is 0 Å². The number of carbonyl (C=O) groups excluding carboxylic acids is 1. The van der Waals surface area contributed by atoms with Crippen LogP contribution < -0.4 is 10.6 Å². The minimum absolute atomic E-state index is 0.0908. The first-order valence-electron chi connectivity index (χ1n) is 8.03. The zero-order valence-electron chi connectivity index (χ0n) is 13.6. The van der Waals surface area contributed by atoms with Crippen LogP contribution in [0.1, 0.15) is 23.7 Å². The van der Waals surface area contributed by atoms with Crippen LogP contribution in [0.15, 0.2) is 42.9 Å². The van der Waals surface area contributed by atoms with Gasteiger partial charge >= 0.3 is 0 Å². The lowest BCUT2D eigenvalue weighted by Gasteiger charge is -2.07. The van der Waals surface area contributed by atoms with E-state index in [1.54, 1.807) is 23.0 Å². The van der Waals surface area contributed by atoms with Crippen LogP contribution in [0.25, 0.3) is 11.0 Å². The van der Waals surface area contributed by atoms with E-state index in [-0.39, 0.29) is 5.91 Å². The van der Waals surface area contributed by atoms with E-state index in [9.17, 15) is 4.79 Å². The second-order valence-electron chi connectivity index (χ2n) is 5.38. The molecule has 7 nitrogen and oxygen atoms in total. The van der Waals surface area contributed by atoms with Crippen molar-refractivity contribution >= 4 is 22.8 Å². The Bertz CT molecular complexity index is 814. The highest BCUT2D eigenvalue weighted by molar-refractivity contribution is 5.94. The van der Waals surface area contributed by atoms with E-state index in [0.717, 1.165) is 29.8 Å². The summed E-state index contributed by atoms with van der Waals surface area (Å²) in [5.41, 5.74) is 1.41. The third-order valence-electron chi connectivity index (χ3n) is 3.62. The molecule has 0 aliphatic rings. The first kappa shape index (κ1) is 15.9. The van der Waals surface area contributed by atoms with Crippen LogP contribution in [-0.2, 0) is 6.54 Å². The van der Waals surface area contributed by atoms with E-state index in [1.165, 1.54) is 6.33 Å². The van der Waals surface area contributed by atoms with E-state index in [0.29, 0.717) is 18.7 Å². The molecule has 3 rings (SSSR count). The van der Waals surface area contributed by atoms with Crippen LogP contribution in [0.5, 0.6) is 0 Å². The summed E-state index contributed by atoms with van der Waals surface area (Å²) in [5, 5.41) is 11.4. The SMILES string of the molecule is CCCNc1ncnc2c1cnn2CCNC(=O)c1ccccc1. The number of fused-ring (bicyclic) bond motifs is 1. The summed E-state index contributed by atoms with van der Waals surface area (Å²) in [4.78, 5) is 20.6. The summed E-state index contributed by atoms with van der Waals surface area (Å²) in [7, 11) is 0. The lowest BCUT2D eigenvalue weighted by atomic mass is 10.2. The maximum absolute atomic E-state index is 12.0. The largest absolute Gasteiger partial charge is 0.369 e. The molecular formula is C17H20N6O. The van der Waals surface area contributed by atoms with Crippen LogP contribution in [-0.4, -0.2) is 38.7 Å². The second kappa shape index (κ2) is 7.54. The minimum atomic E-state index is -0.0908. The first-order chi connectivity index (χ1) is 11.8. The van der Waals surface area contributed by atoms with Crippen molar-refractivity contribution in [2.45, 2.75) is 19.9 Å². The van der Waals surface area contributed by atoms with E-state index in [1.807, 2.05) is 18.2 Å². The zero-order valence-corrected chi connectivity index (χ0v) is 13.6. The van der Waals surface area contributed by atoms with Gasteiger partial charge in [0.2, 0.25) is 0 Å². The Morgan fingerprint density at radius 3 is 2.79 bits per heavy atom. The molecule has 0 unspecified atom stereocenters. The highest BCUT2D eigenvalue weighted by Gasteiger charge is 2.10. The molecule has 0 saturated heterocycles. The molecule has 0 saturated carbocycles. The lowest BCUT2D eigenvalue weighted by Crippen LogP contribution is -2.27. The van der Waals surface area contributed by atoms with Crippen molar-refractivity contribution in [2.75, 3.05) is 18.4 Å². The molecule has 0 atom stereocenters. The molecule has 2 heterocycles. The maximum Gasteiger partial charge on any atom is 0.251 e. The van der Waals surface area contributed by atoms with Crippen molar-refractivity contribution in [2.24, 2.45) is 0 Å². The summed E-state index contributed by atoms with van der Waals surface area (Å²) in [6.07, 6.45) is 4.30. The van der Waals surface area contributed by atoms with Gasteiger partial charge in [0.15, 0.2) is 5.65 Å². The quantitative estimate of drug-likeness (QED) is 0.695. The number of hydrogen-bond acceptors (Lipinski definition) is 5. The van der Waals surface area contributed by atoms with Crippen molar-refractivity contribution in [3.8, 4) is 0 Å². The fourth-order valence-corrected chi connectivity index (χ4v) is 2.41. The molecule has 0 fully saturated rings. The number of carbonyl (C=O) groups is 1. The fourth-order valence-electron chi connectivity index (χ4n) is 2.41. The van der Waals surface area contributed by atoms with Gasteiger partial charge in [-0.1, -0.05) is 25.1 Å². The van der Waals surface area contributed by atoms with E-state index in [4.69, 9.17) is 0 Å². The predicted molar refractivity (Wildman–Crippen MR) is 92.9 cm³/mol.